The zero-order valence-electron chi connectivity index (χ0n) is 19.3. The number of nitrogens with one attached hydrogen (secondary N) is 1. The standard InChI is InChI=1S/C22H23N3O11S/c1-10(26)35-7-12-9-37-21-22(36-8-13(23)17(28)29,20(34)25(21)15(12)19(32)33)24-16(27)14(18(30)31)11-5-3-2-4-6-11/h2-6,13-14,21H,7-9,23H2,1H3,(H,24,27)(H,28,29)(H,30,31)(H,32,33)/t13?,14?,21-,22+/m1/s1. The molecule has 0 aromatic heterocycles. The van der Waals surface area contributed by atoms with Gasteiger partial charge >= 0.3 is 23.9 Å². The van der Waals surface area contributed by atoms with E-state index in [-0.39, 0.29) is 16.9 Å². The first kappa shape index (κ1) is 27.6. The Morgan fingerprint density at radius 1 is 1.16 bits per heavy atom. The highest BCUT2D eigenvalue weighted by Crippen LogP contribution is 2.47. The molecule has 6 N–H and O–H groups in total. The van der Waals surface area contributed by atoms with Crippen molar-refractivity contribution in [3.05, 3.63) is 47.2 Å². The number of aliphatic carboxylic acids is 3. The van der Waals surface area contributed by atoms with Crippen LogP contribution in [0, 0.1) is 0 Å². The molecule has 2 aliphatic heterocycles. The summed E-state index contributed by atoms with van der Waals surface area (Å²) in [5.41, 5.74) is 2.89. The minimum absolute atomic E-state index is 0.0592. The van der Waals surface area contributed by atoms with Crippen molar-refractivity contribution in [2.75, 3.05) is 19.0 Å². The summed E-state index contributed by atoms with van der Waals surface area (Å²) in [6.45, 7) is -0.0400. The third-order valence-corrected chi connectivity index (χ3v) is 6.89. The van der Waals surface area contributed by atoms with Crippen LogP contribution in [-0.2, 0) is 38.2 Å². The maximum atomic E-state index is 13.4. The molecule has 1 aromatic carbocycles. The average Bonchev–Trinajstić information content (AvgIpc) is 2.84. The fraction of sp³-hybridized carbons (Fsp3) is 0.364. The number of carbonyl (C=O) groups is 6. The highest BCUT2D eigenvalue weighted by atomic mass is 32.2. The van der Waals surface area contributed by atoms with Crippen LogP contribution in [-0.4, -0.2) is 92.0 Å². The highest BCUT2D eigenvalue weighted by molar-refractivity contribution is 8.00. The number of β-lactam (4-membered cyclic amide) rings is 1. The van der Waals surface area contributed by atoms with Crippen LogP contribution in [0.3, 0.4) is 0 Å². The number of carboxylic acid groups (broad SMARTS) is 3. The SMILES string of the molecule is CC(=O)OCC1=C(C(=O)O)N2C(=O)[C@](NC(=O)C(C(=O)O)c3ccccc3)(OCC(N)C(=O)O)[C@H]2SC1. The van der Waals surface area contributed by atoms with Gasteiger partial charge in [-0.2, -0.15) is 0 Å². The molecule has 15 heteroatoms. The molecule has 0 saturated carbocycles. The fourth-order valence-corrected chi connectivity index (χ4v) is 5.16. The van der Waals surface area contributed by atoms with E-state index in [1.165, 1.54) is 24.3 Å². The largest absolute Gasteiger partial charge is 0.480 e. The normalized spacial score (nSPS) is 22.3. The van der Waals surface area contributed by atoms with Crippen LogP contribution in [0.15, 0.2) is 41.6 Å². The maximum absolute atomic E-state index is 13.4. The van der Waals surface area contributed by atoms with Crippen LogP contribution in [0.25, 0.3) is 0 Å². The van der Waals surface area contributed by atoms with Crippen molar-refractivity contribution in [1.82, 2.24) is 10.2 Å². The van der Waals surface area contributed by atoms with E-state index in [0.717, 1.165) is 23.6 Å². The van der Waals surface area contributed by atoms with Gasteiger partial charge in [0.05, 0.1) is 6.61 Å². The molecular weight excluding hydrogens is 514 g/mol. The molecule has 0 spiro atoms. The van der Waals surface area contributed by atoms with Crippen LogP contribution >= 0.6 is 11.8 Å². The molecule has 3 rings (SSSR count). The number of nitrogens with zero attached hydrogens (tertiary/aromatic N) is 1. The number of carboxylic acids is 3. The number of esters is 1. The molecular formula is C22H23N3O11S. The Hall–Kier alpha value is -3.95. The number of hydrogen-bond acceptors (Lipinski definition) is 10. The summed E-state index contributed by atoms with van der Waals surface area (Å²) >= 11 is 0.940. The van der Waals surface area contributed by atoms with Crippen molar-refractivity contribution in [2.24, 2.45) is 5.73 Å². The fourth-order valence-electron chi connectivity index (χ4n) is 3.77. The molecule has 1 fully saturated rings. The van der Waals surface area contributed by atoms with Gasteiger partial charge in [0.15, 0.2) is 5.92 Å². The number of thioether (sulfide) groups is 1. The third-order valence-electron chi connectivity index (χ3n) is 5.52. The number of fused-ring (bicyclic) bond motifs is 1. The van der Waals surface area contributed by atoms with Gasteiger partial charge in [0.1, 0.15) is 23.7 Å². The van der Waals surface area contributed by atoms with E-state index >= 15 is 0 Å². The number of ether oxygens (including phenoxy) is 2. The first-order chi connectivity index (χ1) is 17.4. The van der Waals surface area contributed by atoms with Gasteiger partial charge in [0, 0.05) is 18.2 Å². The molecule has 0 aliphatic carbocycles. The molecule has 198 valence electrons. The second-order valence-electron chi connectivity index (χ2n) is 8.04. The van der Waals surface area contributed by atoms with E-state index in [0.29, 0.717) is 0 Å². The van der Waals surface area contributed by atoms with Crippen molar-refractivity contribution in [3.8, 4) is 0 Å². The van der Waals surface area contributed by atoms with Gasteiger partial charge in [-0.3, -0.25) is 28.9 Å². The second-order valence-corrected chi connectivity index (χ2v) is 9.11. The molecule has 2 amide bonds. The van der Waals surface area contributed by atoms with Crippen molar-refractivity contribution >= 4 is 47.5 Å². The summed E-state index contributed by atoms with van der Waals surface area (Å²) in [6.07, 6.45) is 0. The monoisotopic (exact) mass is 537 g/mol. The van der Waals surface area contributed by atoms with Gasteiger partial charge in [0.25, 0.3) is 11.6 Å². The van der Waals surface area contributed by atoms with Crippen molar-refractivity contribution < 1.29 is 53.6 Å². The molecule has 37 heavy (non-hydrogen) atoms. The Bertz CT molecular complexity index is 1170. The number of hydrogen-bond donors (Lipinski definition) is 5. The zero-order chi connectivity index (χ0) is 27.5. The molecule has 2 heterocycles. The molecule has 2 unspecified atom stereocenters. The smallest absolute Gasteiger partial charge is 0.352 e. The Balaban J connectivity index is 1.98. The third kappa shape index (κ3) is 5.42. The van der Waals surface area contributed by atoms with Gasteiger partial charge < -0.3 is 35.8 Å². The lowest BCUT2D eigenvalue weighted by Gasteiger charge is -2.56. The minimum atomic E-state index is -2.31. The summed E-state index contributed by atoms with van der Waals surface area (Å²) in [7, 11) is 0. The Morgan fingerprint density at radius 2 is 1.81 bits per heavy atom. The van der Waals surface area contributed by atoms with E-state index < -0.39 is 77.7 Å². The number of nitrogens with two attached hydrogens (primary N) is 1. The summed E-state index contributed by atoms with van der Waals surface area (Å²) in [5, 5.41) is 29.6. The Labute approximate surface area is 213 Å². The predicted molar refractivity (Wildman–Crippen MR) is 124 cm³/mol. The summed E-state index contributed by atoms with van der Waals surface area (Å²) < 4.78 is 10.4. The molecule has 2 aliphatic rings. The van der Waals surface area contributed by atoms with Gasteiger partial charge in [-0.05, 0) is 5.56 Å². The Morgan fingerprint density at radius 3 is 2.35 bits per heavy atom. The number of amides is 2. The number of benzene rings is 1. The number of rotatable bonds is 11. The van der Waals surface area contributed by atoms with Crippen LogP contribution in [0.2, 0.25) is 0 Å². The molecule has 14 nitrogen and oxygen atoms in total. The summed E-state index contributed by atoms with van der Waals surface area (Å²) in [5.74, 6) is -9.26. The quantitative estimate of drug-likeness (QED) is 0.0981. The van der Waals surface area contributed by atoms with Crippen molar-refractivity contribution in [1.29, 1.82) is 0 Å². The molecule has 0 bridgehead atoms. The minimum Gasteiger partial charge on any atom is -0.480 e. The van der Waals surface area contributed by atoms with E-state index in [2.05, 4.69) is 5.32 Å². The van der Waals surface area contributed by atoms with E-state index in [1.54, 1.807) is 6.07 Å². The van der Waals surface area contributed by atoms with Crippen LogP contribution in [0.5, 0.6) is 0 Å². The van der Waals surface area contributed by atoms with Gasteiger partial charge in [-0.15, -0.1) is 11.8 Å². The lowest BCUT2D eigenvalue weighted by molar-refractivity contribution is -0.200. The molecule has 1 aromatic rings. The lowest BCUT2D eigenvalue weighted by atomic mass is 9.94. The zero-order valence-corrected chi connectivity index (χ0v) is 20.1. The van der Waals surface area contributed by atoms with Crippen LogP contribution in [0.4, 0.5) is 0 Å². The highest BCUT2D eigenvalue weighted by Gasteiger charge is 2.67. The second kappa shape index (κ2) is 11.0. The van der Waals surface area contributed by atoms with Gasteiger partial charge in [-0.25, -0.2) is 4.79 Å². The van der Waals surface area contributed by atoms with Crippen LogP contribution in [0.1, 0.15) is 18.4 Å². The molecule has 0 radical (unpaired) electrons. The maximum Gasteiger partial charge on any atom is 0.352 e. The van der Waals surface area contributed by atoms with E-state index in [1.807, 2.05) is 0 Å². The first-order valence-corrected chi connectivity index (χ1v) is 11.7. The van der Waals surface area contributed by atoms with Gasteiger partial charge in [0.2, 0.25) is 5.91 Å². The van der Waals surface area contributed by atoms with Crippen molar-refractivity contribution in [3.63, 3.8) is 0 Å². The molecule has 4 atom stereocenters. The van der Waals surface area contributed by atoms with Gasteiger partial charge in [-0.1, -0.05) is 30.3 Å². The predicted octanol–water partition coefficient (Wildman–Crippen LogP) is -1.09. The van der Waals surface area contributed by atoms with E-state index in [9.17, 15) is 39.0 Å². The molecule has 1 saturated heterocycles. The van der Waals surface area contributed by atoms with E-state index in [4.69, 9.17) is 20.3 Å². The summed E-state index contributed by atoms with van der Waals surface area (Å²) in [4.78, 5) is 73.7. The first-order valence-electron chi connectivity index (χ1n) is 10.7. The Kier molecular flexibility index (Phi) is 8.20. The topological polar surface area (TPSA) is 223 Å². The summed E-state index contributed by atoms with van der Waals surface area (Å²) in [6, 6.07) is 5.81. The average molecular weight is 538 g/mol. The lowest BCUT2D eigenvalue weighted by Crippen LogP contribution is -2.81. The van der Waals surface area contributed by atoms with Crippen LogP contribution < -0.4 is 11.1 Å². The van der Waals surface area contributed by atoms with Crippen molar-refractivity contribution in [2.45, 2.75) is 30.0 Å². The number of carbonyl (C=O) groups excluding carboxylic acids is 3.